The fourth-order valence-corrected chi connectivity index (χ4v) is 2.25. The molecule has 0 saturated heterocycles. The molecule has 2 N–H and O–H groups in total. The first-order chi connectivity index (χ1) is 9.40. The monoisotopic (exact) mass is 340 g/mol. The molecule has 0 bridgehead atoms. The molecule has 0 spiro atoms. The summed E-state index contributed by atoms with van der Waals surface area (Å²) in [4.78, 5) is 15.5. The second-order valence-corrected chi connectivity index (χ2v) is 5.17. The van der Waals surface area contributed by atoms with E-state index >= 15 is 0 Å². The van der Waals surface area contributed by atoms with Crippen molar-refractivity contribution < 1.29 is 13.6 Å². The topological polar surface area (TPSA) is 56.0 Å². The first kappa shape index (κ1) is 14.6. The zero-order chi connectivity index (χ0) is 14.9. The maximum Gasteiger partial charge on any atom is 0.249 e. The van der Waals surface area contributed by atoms with E-state index in [0.29, 0.717) is 5.69 Å². The van der Waals surface area contributed by atoms with Gasteiger partial charge in [0.05, 0.1) is 0 Å². The molecule has 0 unspecified atom stereocenters. The smallest absolute Gasteiger partial charge is 0.249 e. The van der Waals surface area contributed by atoms with Crippen molar-refractivity contribution in [3.05, 3.63) is 62.9 Å². The van der Waals surface area contributed by atoms with Crippen molar-refractivity contribution in [2.24, 2.45) is 5.73 Å². The Hall–Kier alpha value is -1.82. The molecule has 1 heterocycles. The van der Waals surface area contributed by atoms with Crippen LogP contribution in [0.15, 0.2) is 28.9 Å². The summed E-state index contributed by atoms with van der Waals surface area (Å²) in [6.07, 6.45) is 1.63. The number of rotatable bonds is 3. The van der Waals surface area contributed by atoms with Crippen molar-refractivity contribution >= 4 is 21.8 Å². The summed E-state index contributed by atoms with van der Waals surface area (Å²) in [6, 6.07) is 3.43. The van der Waals surface area contributed by atoms with Gasteiger partial charge in [0, 0.05) is 40.0 Å². The molecule has 1 aromatic heterocycles. The number of pyridine rings is 1. The number of halogens is 3. The molecule has 0 saturated carbocycles. The zero-order valence-corrected chi connectivity index (χ0v) is 12.2. The van der Waals surface area contributed by atoms with Gasteiger partial charge in [-0.15, -0.1) is 0 Å². The second-order valence-electron chi connectivity index (χ2n) is 4.32. The van der Waals surface area contributed by atoms with Crippen LogP contribution in [0.5, 0.6) is 0 Å². The number of carbonyl (C=O) groups is 1. The van der Waals surface area contributed by atoms with Crippen molar-refractivity contribution in [2.75, 3.05) is 0 Å². The van der Waals surface area contributed by atoms with Crippen LogP contribution in [0.3, 0.4) is 0 Å². The fourth-order valence-electron chi connectivity index (χ4n) is 1.90. The average molecular weight is 341 g/mol. The number of nitrogens with zero attached hydrogens (tertiary/aromatic N) is 1. The van der Waals surface area contributed by atoms with E-state index in [1.807, 2.05) is 6.92 Å². The Labute approximate surface area is 123 Å². The summed E-state index contributed by atoms with van der Waals surface area (Å²) >= 11 is 3.35. The highest BCUT2D eigenvalue weighted by atomic mass is 79.9. The highest BCUT2D eigenvalue weighted by Crippen LogP contribution is 2.23. The number of nitrogens with two attached hydrogens (primary N) is 1. The van der Waals surface area contributed by atoms with Gasteiger partial charge >= 0.3 is 0 Å². The van der Waals surface area contributed by atoms with Crippen molar-refractivity contribution in [1.29, 1.82) is 0 Å². The lowest BCUT2D eigenvalue weighted by atomic mass is 9.99. The van der Waals surface area contributed by atoms with Gasteiger partial charge < -0.3 is 5.73 Å². The molecule has 104 valence electrons. The molecule has 0 atom stereocenters. The van der Waals surface area contributed by atoms with Crippen LogP contribution in [0.4, 0.5) is 8.78 Å². The van der Waals surface area contributed by atoms with E-state index in [2.05, 4.69) is 20.9 Å². The second kappa shape index (κ2) is 5.66. The number of benzene rings is 1. The molecule has 3 nitrogen and oxygen atoms in total. The number of primary amides is 1. The molecular weight excluding hydrogens is 330 g/mol. The van der Waals surface area contributed by atoms with Gasteiger partial charge in [-0.05, 0) is 24.6 Å². The number of carbonyl (C=O) groups excluding carboxylic acids is 1. The number of amides is 1. The quantitative estimate of drug-likeness (QED) is 0.933. The minimum atomic E-state index is -0.869. The van der Waals surface area contributed by atoms with E-state index in [-0.39, 0.29) is 17.5 Å². The van der Waals surface area contributed by atoms with Gasteiger partial charge in [0.1, 0.15) is 11.6 Å². The summed E-state index contributed by atoms with van der Waals surface area (Å²) < 4.78 is 27.9. The summed E-state index contributed by atoms with van der Waals surface area (Å²) in [5.74, 6) is -2.51. The van der Waals surface area contributed by atoms with Crippen LogP contribution in [-0.4, -0.2) is 10.9 Å². The molecule has 0 aliphatic heterocycles. The normalized spacial score (nSPS) is 10.6. The molecule has 6 heteroatoms. The summed E-state index contributed by atoms with van der Waals surface area (Å²) in [7, 11) is 0. The van der Waals surface area contributed by atoms with Crippen molar-refractivity contribution in [3.8, 4) is 0 Å². The van der Waals surface area contributed by atoms with E-state index in [4.69, 9.17) is 5.73 Å². The Morgan fingerprint density at radius 2 is 2.10 bits per heavy atom. The molecular formula is C14H11BrF2N2O. The molecule has 2 aromatic rings. The first-order valence-electron chi connectivity index (χ1n) is 5.78. The third-order valence-corrected chi connectivity index (χ3v) is 3.87. The van der Waals surface area contributed by atoms with E-state index < -0.39 is 17.5 Å². The van der Waals surface area contributed by atoms with Crippen LogP contribution in [-0.2, 0) is 6.42 Å². The number of hydrogen-bond donors (Lipinski definition) is 1. The predicted octanol–water partition coefficient (Wildman–Crippen LogP) is 3.12. The molecule has 0 aliphatic carbocycles. The van der Waals surface area contributed by atoms with Crippen LogP contribution in [0, 0.1) is 18.6 Å². The van der Waals surface area contributed by atoms with Crippen LogP contribution in [0.25, 0.3) is 0 Å². The van der Waals surface area contributed by atoms with Crippen LogP contribution >= 0.6 is 15.9 Å². The molecule has 0 radical (unpaired) electrons. The lowest BCUT2D eigenvalue weighted by Crippen LogP contribution is -2.16. The van der Waals surface area contributed by atoms with Crippen molar-refractivity contribution in [2.45, 2.75) is 13.3 Å². The van der Waals surface area contributed by atoms with Gasteiger partial charge in [-0.2, -0.15) is 0 Å². The zero-order valence-electron chi connectivity index (χ0n) is 10.6. The fraction of sp³-hybridized carbons (Fsp3) is 0.143. The van der Waals surface area contributed by atoms with Gasteiger partial charge in [-0.3, -0.25) is 9.78 Å². The molecule has 20 heavy (non-hydrogen) atoms. The maximum atomic E-state index is 13.9. The van der Waals surface area contributed by atoms with Crippen LogP contribution in [0.2, 0.25) is 0 Å². The number of aromatic nitrogens is 1. The van der Waals surface area contributed by atoms with Crippen molar-refractivity contribution in [3.63, 3.8) is 0 Å². The Kier molecular flexibility index (Phi) is 4.13. The average Bonchev–Trinajstić information content (AvgIpc) is 2.37. The van der Waals surface area contributed by atoms with E-state index in [0.717, 1.165) is 22.2 Å². The van der Waals surface area contributed by atoms with E-state index in [1.54, 1.807) is 12.3 Å². The minimum absolute atomic E-state index is 0.0487. The largest absolute Gasteiger partial charge is 0.366 e. The standard InChI is InChI=1S/C14H11BrF2N2O/c1-7-11(15)2-3-19-13(7)6-9-10(14(18)20)4-8(16)5-12(9)17/h2-5H,6H2,1H3,(H2,18,20). The lowest BCUT2D eigenvalue weighted by Gasteiger charge is -2.11. The maximum absolute atomic E-state index is 13.9. The first-order valence-corrected chi connectivity index (χ1v) is 6.57. The Bertz CT molecular complexity index is 689. The van der Waals surface area contributed by atoms with Crippen molar-refractivity contribution in [1.82, 2.24) is 4.98 Å². The van der Waals surface area contributed by atoms with E-state index in [1.165, 1.54) is 0 Å². The number of hydrogen-bond acceptors (Lipinski definition) is 2. The van der Waals surface area contributed by atoms with E-state index in [9.17, 15) is 13.6 Å². The Balaban J connectivity index is 2.53. The minimum Gasteiger partial charge on any atom is -0.366 e. The predicted molar refractivity (Wildman–Crippen MR) is 74.4 cm³/mol. The van der Waals surface area contributed by atoms with Gasteiger partial charge in [-0.25, -0.2) is 8.78 Å². The summed E-state index contributed by atoms with van der Waals surface area (Å²) in [6.45, 7) is 1.82. The SMILES string of the molecule is Cc1c(Br)ccnc1Cc1c(F)cc(F)cc1C(N)=O. The summed E-state index contributed by atoms with van der Waals surface area (Å²) in [5, 5.41) is 0. The van der Waals surface area contributed by atoms with Crippen LogP contribution in [0.1, 0.15) is 27.2 Å². The van der Waals surface area contributed by atoms with Gasteiger partial charge in [0.25, 0.3) is 0 Å². The molecule has 2 rings (SSSR count). The summed E-state index contributed by atoms with van der Waals surface area (Å²) in [5.41, 5.74) is 6.47. The van der Waals surface area contributed by atoms with Gasteiger partial charge in [0.2, 0.25) is 5.91 Å². The van der Waals surface area contributed by atoms with Gasteiger partial charge in [0.15, 0.2) is 0 Å². The van der Waals surface area contributed by atoms with Crippen LogP contribution < -0.4 is 5.73 Å². The third kappa shape index (κ3) is 2.85. The molecule has 1 aromatic carbocycles. The molecule has 1 amide bonds. The molecule has 0 fully saturated rings. The Morgan fingerprint density at radius 3 is 2.75 bits per heavy atom. The van der Waals surface area contributed by atoms with Gasteiger partial charge in [-0.1, -0.05) is 15.9 Å². The molecule has 0 aliphatic rings. The third-order valence-electron chi connectivity index (χ3n) is 3.01. The highest BCUT2D eigenvalue weighted by Gasteiger charge is 2.17. The highest BCUT2D eigenvalue weighted by molar-refractivity contribution is 9.10. The lowest BCUT2D eigenvalue weighted by molar-refractivity contribution is 0.0998. The Morgan fingerprint density at radius 1 is 1.40 bits per heavy atom.